The van der Waals surface area contributed by atoms with Crippen LogP contribution in [0.25, 0.3) is 10.8 Å². The Morgan fingerprint density at radius 1 is 1.26 bits per heavy atom. The van der Waals surface area contributed by atoms with E-state index < -0.39 is 5.92 Å². The van der Waals surface area contributed by atoms with Crippen molar-refractivity contribution in [2.24, 2.45) is 5.92 Å². The second-order valence-corrected chi connectivity index (χ2v) is 4.45. The highest BCUT2D eigenvalue weighted by atomic mass is 16.5. The molecule has 1 heterocycles. The van der Waals surface area contributed by atoms with Gasteiger partial charge in [-0.15, -0.1) is 0 Å². The summed E-state index contributed by atoms with van der Waals surface area (Å²) in [5.74, 6) is -0.885. The highest BCUT2D eigenvalue weighted by molar-refractivity contribution is 6.09. The largest absolute Gasteiger partial charge is 0.469 e. The van der Waals surface area contributed by atoms with E-state index in [1.54, 1.807) is 19.3 Å². The molecule has 4 heteroatoms. The van der Waals surface area contributed by atoms with Crippen LogP contribution < -0.4 is 0 Å². The van der Waals surface area contributed by atoms with Crippen molar-refractivity contribution in [1.29, 1.82) is 0 Å². The molecule has 98 valence electrons. The minimum absolute atomic E-state index is 0.0819. The maximum atomic E-state index is 12.4. The zero-order valence-electron chi connectivity index (χ0n) is 10.9. The minimum Gasteiger partial charge on any atom is -0.469 e. The fraction of sp³-hybridized carbons (Fsp3) is 0.267. The molecule has 0 radical (unpaired) electrons. The lowest BCUT2D eigenvalue weighted by molar-refractivity contribution is -0.141. The number of aromatic nitrogens is 1. The zero-order valence-corrected chi connectivity index (χ0v) is 10.9. The Kier molecular flexibility index (Phi) is 3.90. The van der Waals surface area contributed by atoms with Gasteiger partial charge in [0.05, 0.1) is 13.5 Å². The van der Waals surface area contributed by atoms with Gasteiger partial charge in [-0.1, -0.05) is 31.2 Å². The molecule has 0 aliphatic rings. The van der Waals surface area contributed by atoms with E-state index in [1.807, 2.05) is 24.3 Å². The number of ketones is 1. The number of hydrogen-bond acceptors (Lipinski definition) is 4. The van der Waals surface area contributed by atoms with Crippen LogP contribution in [0.1, 0.15) is 23.7 Å². The normalized spacial score (nSPS) is 12.1. The average Bonchev–Trinajstić information content (AvgIpc) is 2.45. The Bertz CT molecular complexity index is 616. The number of pyridine rings is 1. The Labute approximate surface area is 111 Å². The number of methoxy groups -OCH3 is 1. The molecule has 0 bridgehead atoms. The Hall–Kier alpha value is -2.23. The molecule has 1 aromatic carbocycles. The number of carbonyl (C=O) groups excluding carboxylic acids is 2. The van der Waals surface area contributed by atoms with E-state index >= 15 is 0 Å². The van der Waals surface area contributed by atoms with Gasteiger partial charge in [0.15, 0.2) is 5.78 Å². The molecule has 0 amide bonds. The van der Waals surface area contributed by atoms with Crippen molar-refractivity contribution in [3.05, 3.63) is 42.2 Å². The molecule has 0 aliphatic carbocycles. The Balaban J connectivity index is 2.34. The number of Topliss-reactive ketones (excluding diaryl/α,β-unsaturated/α-hetero) is 1. The smallest absolute Gasteiger partial charge is 0.306 e. The van der Waals surface area contributed by atoms with Crippen LogP contribution >= 0.6 is 0 Å². The van der Waals surface area contributed by atoms with Gasteiger partial charge in [-0.05, 0) is 5.39 Å². The number of nitrogens with zero attached hydrogens (tertiary/aromatic N) is 1. The highest BCUT2D eigenvalue weighted by Gasteiger charge is 2.20. The minimum atomic E-state index is -0.417. The van der Waals surface area contributed by atoms with Crippen molar-refractivity contribution in [1.82, 2.24) is 4.98 Å². The highest BCUT2D eigenvalue weighted by Crippen LogP contribution is 2.21. The van der Waals surface area contributed by atoms with Crippen molar-refractivity contribution in [3.8, 4) is 0 Å². The second kappa shape index (κ2) is 5.61. The van der Waals surface area contributed by atoms with Crippen LogP contribution in [0.3, 0.4) is 0 Å². The monoisotopic (exact) mass is 257 g/mol. The van der Waals surface area contributed by atoms with Crippen LogP contribution in [0.15, 0.2) is 36.7 Å². The summed E-state index contributed by atoms with van der Waals surface area (Å²) in [7, 11) is 1.32. The number of esters is 1. The van der Waals surface area contributed by atoms with Gasteiger partial charge in [-0.2, -0.15) is 0 Å². The van der Waals surface area contributed by atoms with E-state index in [2.05, 4.69) is 9.72 Å². The lowest BCUT2D eigenvalue weighted by Crippen LogP contribution is -2.17. The maximum absolute atomic E-state index is 12.4. The Morgan fingerprint density at radius 2 is 2.00 bits per heavy atom. The molecular formula is C15H15NO3. The summed E-state index contributed by atoms with van der Waals surface area (Å²) < 4.78 is 4.59. The third kappa shape index (κ3) is 2.78. The van der Waals surface area contributed by atoms with E-state index in [0.29, 0.717) is 5.56 Å². The van der Waals surface area contributed by atoms with Gasteiger partial charge in [-0.3, -0.25) is 14.6 Å². The molecule has 0 spiro atoms. The molecule has 0 N–H and O–H groups in total. The number of rotatable bonds is 4. The molecular weight excluding hydrogens is 242 g/mol. The predicted molar refractivity (Wildman–Crippen MR) is 71.9 cm³/mol. The summed E-state index contributed by atoms with van der Waals surface area (Å²) in [4.78, 5) is 27.7. The summed E-state index contributed by atoms with van der Waals surface area (Å²) in [5, 5.41) is 1.78. The van der Waals surface area contributed by atoms with Crippen LogP contribution in [0.4, 0.5) is 0 Å². The first-order chi connectivity index (χ1) is 9.13. The van der Waals surface area contributed by atoms with Crippen molar-refractivity contribution in [2.45, 2.75) is 13.3 Å². The molecule has 2 aromatic rings. The van der Waals surface area contributed by atoms with Crippen LogP contribution in [0.2, 0.25) is 0 Å². The van der Waals surface area contributed by atoms with Gasteiger partial charge in [0.25, 0.3) is 0 Å². The van der Waals surface area contributed by atoms with Crippen molar-refractivity contribution in [2.75, 3.05) is 7.11 Å². The summed E-state index contributed by atoms with van der Waals surface area (Å²) in [5.41, 5.74) is 0.550. The maximum Gasteiger partial charge on any atom is 0.306 e. The third-order valence-corrected chi connectivity index (χ3v) is 3.08. The third-order valence-electron chi connectivity index (χ3n) is 3.08. The summed E-state index contributed by atoms with van der Waals surface area (Å²) in [6.45, 7) is 1.72. The van der Waals surface area contributed by atoms with Crippen LogP contribution in [0, 0.1) is 5.92 Å². The predicted octanol–water partition coefficient (Wildman–Crippen LogP) is 2.62. The zero-order chi connectivity index (χ0) is 13.8. The summed E-state index contributed by atoms with van der Waals surface area (Å²) in [6.07, 6.45) is 3.36. The topological polar surface area (TPSA) is 56.3 Å². The molecule has 0 saturated heterocycles. The van der Waals surface area contributed by atoms with Crippen molar-refractivity contribution >= 4 is 22.5 Å². The first-order valence-corrected chi connectivity index (χ1v) is 6.07. The Morgan fingerprint density at radius 3 is 2.74 bits per heavy atom. The number of fused-ring (bicyclic) bond motifs is 1. The van der Waals surface area contributed by atoms with E-state index in [-0.39, 0.29) is 18.2 Å². The fourth-order valence-electron chi connectivity index (χ4n) is 2.00. The van der Waals surface area contributed by atoms with E-state index in [0.717, 1.165) is 10.8 Å². The molecule has 1 aromatic heterocycles. The first kappa shape index (κ1) is 13.2. The summed E-state index contributed by atoms with van der Waals surface area (Å²) in [6, 6.07) is 7.57. The van der Waals surface area contributed by atoms with Gasteiger partial charge in [0.1, 0.15) is 0 Å². The molecule has 1 atom stereocenters. The molecule has 19 heavy (non-hydrogen) atoms. The van der Waals surface area contributed by atoms with E-state index in [1.165, 1.54) is 7.11 Å². The number of hydrogen-bond donors (Lipinski definition) is 0. The molecule has 0 aliphatic heterocycles. The molecule has 2 rings (SSSR count). The SMILES string of the molecule is COC(=O)CC(C)C(=O)c1cncc2ccccc12. The molecule has 1 unspecified atom stereocenters. The van der Waals surface area contributed by atoms with Gasteiger partial charge < -0.3 is 4.74 Å². The molecule has 0 saturated carbocycles. The second-order valence-electron chi connectivity index (χ2n) is 4.45. The van der Waals surface area contributed by atoms with E-state index in [9.17, 15) is 9.59 Å². The molecule has 0 fully saturated rings. The van der Waals surface area contributed by atoms with Crippen LogP contribution in [-0.4, -0.2) is 23.8 Å². The number of carbonyl (C=O) groups is 2. The average molecular weight is 257 g/mol. The van der Waals surface area contributed by atoms with Crippen molar-refractivity contribution < 1.29 is 14.3 Å². The fourth-order valence-corrected chi connectivity index (χ4v) is 2.00. The van der Waals surface area contributed by atoms with E-state index in [4.69, 9.17) is 0 Å². The van der Waals surface area contributed by atoms with Crippen molar-refractivity contribution in [3.63, 3.8) is 0 Å². The van der Waals surface area contributed by atoms with Gasteiger partial charge >= 0.3 is 5.97 Å². The lowest BCUT2D eigenvalue weighted by Gasteiger charge is -2.10. The first-order valence-electron chi connectivity index (χ1n) is 6.07. The standard InChI is InChI=1S/C15H15NO3/c1-10(7-14(17)19-2)15(18)13-9-16-8-11-5-3-4-6-12(11)13/h3-6,8-10H,7H2,1-2H3. The van der Waals surface area contributed by atoms with Crippen LogP contribution in [0.5, 0.6) is 0 Å². The van der Waals surface area contributed by atoms with Gasteiger partial charge in [0, 0.05) is 29.3 Å². The molecule has 4 nitrogen and oxygen atoms in total. The quantitative estimate of drug-likeness (QED) is 0.624. The number of benzene rings is 1. The number of ether oxygens (including phenoxy) is 1. The lowest BCUT2D eigenvalue weighted by atomic mass is 9.94. The van der Waals surface area contributed by atoms with Gasteiger partial charge in [-0.25, -0.2) is 0 Å². The summed E-state index contributed by atoms with van der Waals surface area (Å²) >= 11 is 0. The van der Waals surface area contributed by atoms with Crippen LogP contribution in [-0.2, 0) is 9.53 Å². The van der Waals surface area contributed by atoms with Gasteiger partial charge in [0.2, 0.25) is 0 Å².